The molecule has 2 atom stereocenters. The predicted molar refractivity (Wildman–Crippen MR) is 65.9 cm³/mol. The van der Waals surface area contributed by atoms with Crippen LogP contribution in [-0.2, 0) is 19.1 Å². The topological polar surface area (TPSA) is 64.6 Å². The second-order valence-corrected chi connectivity index (χ2v) is 4.98. The molecule has 1 aliphatic heterocycles. The van der Waals surface area contributed by atoms with Crippen molar-refractivity contribution in [2.24, 2.45) is 0 Å². The second kappa shape index (κ2) is 7.55. The third-order valence-electron chi connectivity index (χ3n) is 2.40. The smallest absolute Gasteiger partial charge is 0.323 e. The Morgan fingerprint density at radius 1 is 1.29 bits per heavy atom. The summed E-state index contributed by atoms with van der Waals surface area (Å²) in [6.07, 6.45) is 0.711. The maximum atomic E-state index is 11.4. The van der Waals surface area contributed by atoms with Gasteiger partial charge < -0.3 is 14.8 Å². The van der Waals surface area contributed by atoms with Crippen molar-refractivity contribution < 1.29 is 19.1 Å². The summed E-state index contributed by atoms with van der Waals surface area (Å²) >= 11 is 1.53. The Labute approximate surface area is 106 Å². The highest BCUT2D eigenvalue weighted by atomic mass is 32.2. The number of rotatable bonds is 6. The van der Waals surface area contributed by atoms with E-state index in [9.17, 15) is 9.59 Å². The van der Waals surface area contributed by atoms with Gasteiger partial charge in [0.1, 0.15) is 6.04 Å². The van der Waals surface area contributed by atoms with Crippen LogP contribution in [-0.4, -0.2) is 48.7 Å². The van der Waals surface area contributed by atoms with Gasteiger partial charge in [-0.15, -0.1) is 11.8 Å². The number of nitrogens with one attached hydrogen (secondary N) is 1. The highest BCUT2D eigenvalue weighted by Crippen LogP contribution is 2.21. The molecule has 0 aromatic carbocycles. The number of carbonyl (C=O) groups excluding carboxylic acids is 2. The Bertz CT molecular complexity index is 272. The summed E-state index contributed by atoms with van der Waals surface area (Å²) < 4.78 is 9.78. The zero-order valence-electron chi connectivity index (χ0n) is 10.2. The first-order valence-electron chi connectivity index (χ1n) is 5.84. The number of ether oxygens (including phenoxy) is 2. The third-order valence-corrected chi connectivity index (χ3v) is 3.64. The summed E-state index contributed by atoms with van der Waals surface area (Å²) in [5.74, 6) is -0.0563. The number of thioether (sulfide) groups is 1. The number of hydrogen-bond donors (Lipinski definition) is 1. The second-order valence-electron chi connectivity index (χ2n) is 3.69. The van der Waals surface area contributed by atoms with E-state index in [1.54, 1.807) is 13.8 Å². The molecular weight excluding hydrogens is 242 g/mol. The molecule has 1 fully saturated rings. The molecule has 1 rings (SSSR count). The normalized spacial score (nSPS) is 23.4. The molecule has 0 spiro atoms. The largest absolute Gasteiger partial charge is 0.465 e. The van der Waals surface area contributed by atoms with Crippen LogP contribution in [0, 0.1) is 0 Å². The average molecular weight is 261 g/mol. The fraction of sp³-hybridized carbons (Fsp3) is 0.818. The molecule has 0 unspecified atom stereocenters. The first-order valence-corrected chi connectivity index (χ1v) is 6.89. The van der Waals surface area contributed by atoms with Crippen molar-refractivity contribution in [3.05, 3.63) is 0 Å². The Balaban J connectivity index is 2.21. The number of hydrogen-bond acceptors (Lipinski definition) is 6. The molecule has 0 radical (unpaired) electrons. The van der Waals surface area contributed by atoms with E-state index in [0.29, 0.717) is 25.4 Å². The van der Waals surface area contributed by atoms with Crippen molar-refractivity contribution in [2.75, 3.05) is 25.5 Å². The third kappa shape index (κ3) is 4.95. The zero-order chi connectivity index (χ0) is 12.7. The molecule has 1 saturated heterocycles. The van der Waals surface area contributed by atoms with Gasteiger partial charge in [0.25, 0.3) is 0 Å². The molecule has 0 amide bonds. The van der Waals surface area contributed by atoms with Gasteiger partial charge >= 0.3 is 11.9 Å². The monoisotopic (exact) mass is 261 g/mol. The van der Waals surface area contributed by atoms with Crippen LogP contribution in [0.15, 0.2) is 0 Å². The molecule has 5 nitrogen and oxygen atoms in total. The van der Waals surface area contributed by atoms with Gasteiger partial charge in [0.05, 0.1) is 19.0 Å². The van der Waals surface area contributed by atoms with Gasteiger partial charge in [0, 0.05) is 11.8 Å². The van der Waals surface area contributed by atoms with Crippen molar-refractivity contribution in [3.63, 3.8) is 0 Å². The van der Waals surface area contributed by atoms with Crippen LogP contribution in [0.3, 0.4) is 0 Å². The van der Waals surface area contributed by atoms with E-state index in [2.05, 4.69) is 5.32 Å². The summed E-state index contributed by atoms with van der Waals surface area (Å²) in [4.78, 5) is 22.6. The summed E-state index contributed by atoms with van der Waals surface area (Å²) in [7, 11) is 0. The minimum Gasteiger partial charge on any atom is -0.465 e. The molecule has 0 aromatic heterocycles. The fourth-order valence-electron chi connectivity index (χ4n) is 1.64. The lowest BCUT2D eigenvalue weighted by Crippen LogP contribution is -2.32. The van der Waals surface area contributed by atoms with Gasteiger partial charge in [-0.1, -0.05) is 0 Å². The molecule has 17 heavy (non-hydrogen) atoms. The molecular formula is C11H19NO4S. The lowest BCUT2D eigenvalue weighted by Gasteiger charge is -2.09. The highest BCUT2D eigenvalue weighted by molar-refractivity contribution is 8.00. The van der Waals surface area contributed by atoms with E-state index in [-0.39, 0.29) is 23.2 Å². The standard InChI is InChI=1S/C11H19NO4S/c1-3-15-10(13)7-17-8-5-9(12-6-8)11(14)16-4-2/h8-9,12H,3-7H2,1-2H3/t8-,9-/m0/s1. The Morgan fingerprint density at radius 3 is 2.65 bits per heavy atom. The number of esters is 2. The van der Waals surface area contributed by atoms with Gasteiger partial charge in [0.2, 0.25) is 0 Å². The molecule has 0 saturated carbocycles. The van der Waals surface area contributed by atoms with Gasteiger partial charge in [-0.25, -0.2) is 0 Å². The van der Waals surface area contributed by atoms with E-state index in [0.717, 1.165) is 6.54 Å². The molecule has 0 aromatic rings. The van der Waals surface area contributed by atoms with E-state index in [4.69, 9.17) is 9.47 Å². The summed E-state index contributed by atoms with van der Waals surface area (Å²) in [6.45, 7) is 5.12. The van der Waals surface area contributed by atoms with Crippen LogP contribution in [0.25, 0.3) is 0 Å². The average Bonchev–Trinajstić information content (AvgIpc) is 2.76. The van der Waals surface area contributed by atoms with E-state index in [1.165, 1.54) is 11.8 Å². The molecule has 1 N–H and O–H groups in total. The Hall–Kier alpha value is -0.750. The zero-order valence-corrected chi connectivity index (χ0v) is 11.0. The minimum atomic E-state index is -0.227. The van der Waals surface area contributed by atoms with Crippen LogP contribution in [0.4, 0.5) is 0 Å². The Morgan fingerprint density at radius 2 is 2.00 bits per heavy atom. The molecule has 1 heterocycles. The van der Waals surface area contributed by atoms with Crippen LogP contribution in [0.1, 0.15) is 20.3 Å². The summed E-state index contributed by atoms with van der Waals surface area (Å²) in [5.41, 5.74) is 0. The van der Waals surface area contributed by atoms with Gasteiger partial charge in [-0.3, -0.25) is 9.59 Å². The quantitative estimate of drug-likeness (QED) is 0.705. The van der Waals surface area contributed by atoms with Crippen LogP contribution >= 0.6 is 11.8 Å². The van der Waals surface area contributed by atoms with Gasteiger partial charge in [0.15, 0.2) is 0 Å². The molecule has 0 aliphatic carbocycles. The summed E-state index contributed by atoms with van der Waals surface area (Å²) in [5, 5.41) is 3.37. The van der Waals surface area contributed by atoms with Crippen LogP contribution < -0.4 is 5.32 Å². The van der Waals surface area contributed by atoms with Crippen molar-refractivity contribution >= 4 is 23.7 Å². The highest BCUT2D eigenvalue weighted by Gasteiger charge is 2.30. The maximum absolute atomic E-state index is 11.4. The molecule has 1 aliphatic rings. The first-order chi connectivity index (χ1) is 8.17. The van der Waals surface area contributed by atoms with E-state index < -0.39 is 0 Å². The van der Waals surface area contributed by atoms with Gasteiger partial charge in [-0.05, 0) is 20.3 Å². The molecule has 6 heteroatoms. The van der Waals surface area contributed by atoms with Crippen molar-refractivity contribution in [2.45, 2.75) is 31.6 Å². The number of carbonyl (C=O) groups is 2. The van der Waals surface area contributed by atoms with Crippen LogP contribution in [0.2, 0.25) is 0 Å². The van der Waals surface area contributed by atoms with Crippen molar-refractivity contribution in [1.82, 2.24) is 5.32 Å². The van der Waals surface area contributed by atoms with E-state index >= 15 is 0 Å². The minimum absolute atomic E-state index is 0.197. The predicted octanol–water partition coefficient (Wildman–Crippen LogP) is 0.576. The van der Waals surface area contributed by atoms with Crippen molar-refractivity contribution in [3.8, 4) is 0 Å². The lowest BCUT2D eigenvalue weighted by molar-refractivity contribution is -0.145. The molecule has 0 bridgehead atoms. The SMILES string of the molecule is CCOC(=O)CS[C@@H]1CN[C@H](C(=O)OCC)C1. The first kappa shape index (κ1) is 14.3. The fourth-order valence-corrected chi connectivity index (χ4v) is 2.64. The maximum Gasteiger partial charge on any atom is 0.323 e. The van der Waals surface area contributed by atoms with Crippen LogP contribution in [0.5, 0.6) is 0 Å². The van der Waals surface area contributed by atoms with Gasteiger partial charge in [-0.2, -0.15) is 0 Å². The molecule has 98 valence electrons. The van der Waals surface area contributed by atoms with Crippen molar-refractivity contribution in [1.29, 1.82) is 0 Å². The van der Waals surface area contributed by atoms with E-state index in [1.807, 2.05) is 0 Å². The lowest BCUT2D eigenvalue weighted by atomic mass is 10.2. The Kier molecular flexibility index (Phi) is 6.36. The summed E-state index contributed by atoms with van der Waals surface area (Å²) in [6, 6.07) is -0.227.